The molecule has 5 heteroatoms. The molecule has 0 aliphatic heterocycles. The zero-order valence-corrected chi connectivity index (χ0v) is 14.9. The van der Waals surface area contributed by atoms with Crippen molar-refractivity contribution in [2.24, 2.45) is 5.92 Å². The summed E-state index contributed by atoms with van der Waals surface area (Å²) < 4.78 is 44.4. The Morgan fingerprint density at radius 3 is 2.27 bits per heavy atom. The second kappa shape index (κ2) is 6.98. The van der Waals surface area contributed by atoms with Gasteiger partial charge in [-0.25, -0.2) is 4.98 Å². The molecule has 26 heavy (non-hydrogen) atoms. The van der Waals surface area contributed by atoms with Crippen molar-refractivity contribution in [2.45, 2.75) is 26.4 Å². The first-order valence-corrected chi connectivity index (χ1v) is 8.43. The second-order valence-electron chi connectivity index (χ2n) is 6.72. The van der Waals surface area contributed by atoms with Crippen molar-refractivity contribution in [3.8, 4) is 17.0 Å². The van der Waals surface area contributed by atoms with Gasteiger partial charge >= 0.3 is 6.18 Å². The average molecular weight is 359 g/mol. The maximum absolute atomic E-state index is 13.1. The van der Waals surface area contributed by atoms with Crippen molar-refractivity contribution in [1.29, 1.82) is 0 Å². The van der Waals surface area contributed by atoms with E-state index in [1.54, 1.807) is 7.11 Å². The highest BCUT2D eigenvalue weighted by Crippen LogP contribution is 2.34. The maximum Gasteiger partial charge on any atom is 0.416 e. The molecular weight excluding hydrogens is 339 g/mol. The molecule has 3 aromatic rings. The Hall–Kier alpha value is -2.56. The number of alkyl halides is 3. The highest BCUT2D eigenvalue weighted by molar-refractivity contribution is 5.86. The van der Waals surface area contributed by atoms with Crippen LogP contribution in [0.15, 0.2) is 48.5 Å². The molecule has 1 heterocycles. The predicted octanol–water partition coefficient (Wildman–Crippen LogP) is 6.13. The first-order chi connectivity index (χ1) is 12.3. The van der Waals surface area contributed by atoms with E-state index >= 15 is 0 Å². The molecule has 136 valence electrons. The van der Waals surface area contributed by atoms with Crippen molar-refractivity contribution < 1.29 is 17.9 Å². The van der Waals surface area contributed by atoms with Crippen LogP contribution in [0.2, 0.25) is 0 Å². The lowest BCUT2D eigenvalue weighted by Gasteiger charge is -2.14. The standard InChI is InChI=1S/C21H20F3NO/c1-13(2)10-15-11-20(14-4-7-17(26-3)8-5-14)25-19-9-6-16(12-18(15)19)21(22,23)24/h4-9,11-13H,10H2,1-3H3. The molecule has 0 aliphatic rings. The number of nitrogens with zero attached hydrogens (tertiary/aromatic N) is 1. The average Bonchev–Trinajstić information content (AvgIpc) is 2.60. The first-order valence-electron chi connectivity index (χ1n) is 8.43. The van der Waals surface area contributed by atoms with Gasteiger partial charge in [0, 0.05) is 10.9 Å². The molecule has 0 N–H and O–H groups in total. The normalized spacial score (nSPS) is 12.0. The van der Waals surface area contributed by atoms with Crippen LogP contribution in [0.3, 0.4) is 0 Å². The van der Waals surface area contributed by atoms with E-state index in [1.165, 1.54) is 12.1 Å². The van der Waals surface area contributed by atoms with Gasteiger partial charge in [0.15, 0.2) is 0 Å². The fourth-order valence-electron chi connectivity index (χ4n) is 2.99. The molecule has 0 spiro atoms. The fraction of sp³-hybridized carbons (Fsp3) is 0.286. The van der Waals surface area contributed by atoms with Crippen LogP contribution in [0.4, 0.5) is 13.2 Å². The molecule has 0 amide bonds. The molecule has 2 nitrogen and oxygen atoms in total. The highest BCUT2D eigenvalue weighted by atomic mass is 19.4. The number of benzene rings is 2. The van der Waals surface area contributed by atoms with E-state index in [0.29, 0.717) is 23.2 Å². The monoisotopic (exact) mass is 359 g/mol. The minimum atomic E-state index is -4.36. The van der Waals surface area contributed by atoms with Crippen LogP contribution in [0.25, 0.3) is 22.2 Å². The number of methoxy groups -OCH3 is 1. The number of pyridine rings is 1. The van der Waals surface area contributed by atoms with Crippen molar-refractivity contribution >= 4 is 10.9 Å². The van der Waals surface area contributed by atoms with Crippen molar-refractivity contribution in [3.05, 3.63) is 59.7 Å². The minimum absolute atomic E-state index is 0.318. The molecule has 0 saturated heterocycles. The number of fused-ring (bicyclic) bond motifs is 1. The van der Waals surface area contributed by atoms with Gasteiger partial charge in [-0.05, 0) is 66.4 Å². The van der Waals surface area contributed by atoms with Crippen LogP contribution >= 0.6 is 0 Å². The molecule has 0 bridgehead atoms. The Morgan fingerprint density at radius 2 is 1.69 bits per heavy atom. The number of hydrogen-bond donors (Lipinski definition) is 0. The van der Waals surface area contributed by atoms with E-state index in [-0.39, 0.29) is 0 Å². The Morgan fingerprint density at radius 1 is 1.00 bits per heavy atom. The molecule has 0 saturated carbocycles. The van der Waals surface area contributed by atoms with Crippen molar-refractivity contribution in [2.75, 3.05) is 7.11 Å². The van der Waals surface area contributed by atoms with Gasteiger partial charge in [-0.3, -0.25) is 0 Å². The Labute approximate surface area is 150 Å². The van der Waals surface area contributed by atoms with Gasteiger partial charge in [-0.1, -0.05) is 13.8 Å². The van der Waals surface area contributed by atoms with Gasteiger partial charge in [0.2, 0.25) is 0 Å². The summed E-state index contributed by atoms with van der Waals surface area (Å²) in [7, 11) is 1.60. The Kier molecular flexibility index (Phi) is 4.90. The van der Waals surface area contributed by atoms with Crippen LogP contribution in [-0.4, -0.2) is 12.1 Å². The van der Waals surface area contributed by atoms with E-state index in [4.69, 9.17) is 4.74 Å². The van der Waals surface area contributed by atoms with E-state index in [0.717, 1.165) is 28.6 Å². The molecule has 0 aliphatic carbocycles. The molecule has 1 aromatic heterocycles. The van der Waals surface area contributed by atoms with Crippen LogP contribution in [0, 0.1) is 5.92 Å². The zero-order chi connectivity index (χ0) is 18.9. The van der Waals surface area contributed by atoms with Gasteiger partial charge in [-0.15, -0.1) is 0 Å². The van der Waals surface area contributed by atoms with Gasteiger partial charge in [0.05, 0.1) is 23.9 Å². The predicted molar refractivity (Wildman–Crippen MR) is 97.3 cm³/mol. The molecule has 0 radical (unpaired) electrons. The largest absolute Gasteiger partial charge is 0.497 e. The van der Waals surface area contributed by atoms with Gasteiger partial charge < -0.3 is 4.74 Å². The van der Waals surface area contributed by atoms with Crippen molar-refractivity contribution in [1.82, 2.24) is 4.98 Å². The molecule has 3 rings (SSSR count). The van der Waals surface area contributed by atoms with Gasteiger partial charge in [0.25, 0.3) is 0 Å². The number of hydrogen-bond acceptors (Lipinski definition) is 2. The SMILES string of the molecule is COc1ccc(-c2cc(CC(C)C)c3cc(C(F)(F)F)ccc3n2)cc1. The Bertz CT molecular complexity index is 915. The molecule has 0 unspecified atom stereocenters. The summed E-state index contributed by atoms with van der Waals surface area (Å²) in [6.45, 7) is 4.10. The second-order valence-corrected chi connectivity index (χ2v) is 6.72. The van der Waals surface area contributed by atoms with Crippen LogP contribution in [0.1, 0.15) is 25.0 Å². The highest BCUT2D eigenvalue weighted by Gasteiger charge is 2.30. The smallest absolute Gasteiger partial charge is 0.416 e. The summed E-state index contributed by atoms with van der Waals surface area (Å²) in [6.07, 6.45) is -3.68. The van der Waals surface area contributed by atoms with E-state index in [1.807, 2.05) is 44.2 Å². The minimum Gasteiger partial charge on any atom is -0.497 e. The lowest BCUT2D eigenvalue weighted by Crippen LogP contribution is -2.06. The number of aromatic nitrogens is 1. The molecule has 0 atom stereocenters. The third-order valence-corrected chi connectivity index (χ3v) is 4.24. The quantitative estimate of drug-likeness (QED) is 0.559. The topological polar surface area (TPSA) is 22.1 Å². The molecule has 0 fully saturated rings. The van der Waals surface area contributed by atoms with Gasteiger partial charge in [-0.2, -0.15) is 13.2 Å². The van der Waals surface area contributed by atoms with E-state index < -0.39 is 11.7 Å². The first kappa shape index (κ1) is 18.2. The van der Waals surface area contributed by atoms with Gasteiger partial charge in [0.1, 0.15) is 5.75 Å². The van der Waals surface area contributed by atoms with Crippen LogP contribution in [-0.2, 0) is 12.6 Å². The maximum atomic E-state index is 13.1. The summed E-state index contributed by atoms with van der Waals surface area (Å²) >= 11 is 0. The lowest BCUT2D eigenvalue weighted by atomic mass is 9.96. The van der Waals surface area contributed by atoms with Crippen molar-refractivity contribution in [3.63, 3.8) is 0 Å². The van der Waals surface area contributed by atoms with Crippen LogP contribution < -0.4 is 4.74 Å². The van der Waals surface area contributed by atoms with E-state index in [9.17, 15) is 13.2 Å². The summed E-state index contributed by atoms with van der Waals surface area (Å²) in [6, 6.07) is 13.1. The zero-order valence-electron chi connectivity index (χ0n) is 14.9. The summed E-state index contributed by atoms with van der Waals surface area (Å²) in [4.78, 5) is 4.58. The number of ether oxygens (including phenoxy) is 1. The molecular formula is C21H20F3NO. The number of halogens is 3. The lowest BCUT2D eigenvalue weighted by molar-refractivity contribution is -0.137. The summed E-state index contributed by atoms with van der Waals surface area (Å²) in [5.41, 5.74) is 2.45. The van der Waals surface area contributed by atoms with E-state index in [2.05, 4.69) is 4.98 Å². The summed E-state index contributed by atoms with van der Waals surface area (Å²) in [5.74, 6) is 1.06. The fourth-order valence-corrected chi connectivity index (χ4v) is 2.99. The number of rotatable bonds is 4. The van der Waals surface area contributed by atoms with Crippen LogP contribution in [0.5, 0.6) is 5.75 Å². The summed E-state index contributed by atoms with van der Waals surface area (Å²) in [5, 5.41) is 0.561. The molecule has 2 aromatic carbocycles. The third kappa shape index (κ3) is 3.82. The third-order valence-electron chi connectivity index (χ3n) is 4.24. The Balaban J connectivity index is 2.17.